The van der Waals surface area contributed by atoms with Gasteiger partial charge < -0.3 is 15.2 Å². The molecule has 94 valence electrons. The van der Waals surface area contributed by atoms with Gasteiger partial charge in [0.25, 0.3) is 0 Å². The van der Waals surface area contributed by atoms with E-state index in [1.54, 1.807) is 19.2 Å². The number of hydrogen-bond acceptors (Lipinski definition) is 3. The quantitative estimate of drug-likeness (QED) is 0.742. The lowest BCUT2D eigenvalue weighted by Gasteiger charge is -2.09. The molecule has 0 bridgehead atoms. The number of aromatic hydroxyl groups is 1. The molecule has 0 saturated heterocycles. The molecule has 0 aliphatic rings. The molecule has 0 saturated carbocycles. The largest absolute Gasteiger partial charge is 0.508 e. The van der Waals surface area contributed by atoms with Gasteiger partial charge in [0.1, 0.15) is 11.5 Å². The third-order valence-corrected chi connectivity index (χ3v) is 2.47. The van der Waals surface area contributed by atoms with Crippen molar-refractivity contribution in [3.8, 4) is 11.5 Å². The van der Waals surface area contributed by atoms with Crippen LogP contribution in [0, 0.1) is 0 Å². The molecule has 0 spiro atoms. The van der Waals surface area contributed by atoms with E-state index in [1.165, 1.54) is 6.07 Å². The lowest BCUT2D eigenvalue weighted by Crippen LogP contribution is -2.26. The van der Waals surface area contributed by atoms with E-state index in [4.69, 9.17) is 4.74 Å². The smallest absolute Gasteiger partial charge is 0.224 e. The number of methoxy groups -OCH3 is 1. The Morgan fingerprint density at radius 3 is 2.88 bits per heavy atom. The van der Waals surface area contributed by atoms with E-state index in [9.17, 15) is 9.90 Å². The van der Waals surface area contributed by atoms with Gasteiger partial charge in [0.15, 0.2) is 0 Å². The van der Waals surface area contributed by atoms with E-state index in [0.717, 1.165) is 12.8 Å². The summed E-state index contributed by atoms with van der Waals surface area (Å²) in [6.45, 7) is 2.76. The number of amides is 1. The van der Waals surface area contributed by atoms with Crippen molar-refractivity contribution in [3.05, 3.63) is 23.8 Å². The maximum Gasteiger partial charge on any atom is 0.224 e. The molecule has 0 atom stereocenters. The first-order chi connectivity index (χ1) is 8.17. The van der Waals surface area contributed by atoms with Gasteiger partial charge in [-0.25, -0.2) is 0 Å². The Morgan fingerprint density at radius 2 is 2.24 bits per heavy atom. The van der Waals surface area contributed by atoms with Gasteiger partial charge in [-0.05, 0) is 24.6 Å². The summed E-state index contributed by atoms with van der Waals surface area (Å²) >= 11 is 0. The molecular formula is C13H19NO3. The molecule has 1 amide bonds. The number of benzene rings is 1. The van der Waals surface area contributed by atoms with Crippen molar-refractivity contribution in [1.82, 2.24) is 5.32 Å². The highest BCUT2D eigenvalue weighted by molar-refractivity contribution is 5.79. The predicted octanol–water partition coefficient (Wildman–Crippen LogP) is 1.86. The van der Waals surface area contributed by atoms with Crippen LogP contribution in [0.3, 0.4) is 0 Å². The molecule has 0 aliphatic heterocycles. The van der Waals surface area contributed by atoms with Crippen molar-refractivity contribution in [2.24, 2.45) is 0 Å². The minimum absolute atomic E-state index is 0.0534. The van der Waals surface area contributed by atoms with Gasteiger partial charge in [0, 0.05) is 12.1 Å². The topological polar surface area (TPSA) is 58.6 Å². The van der Waals surface area contributed by atoms with Crippen molar-refractivity contribution < 1.29 is 14.6 Å². The minimum Gasteiger partial charge on any atom is -0.508 e. The van der Waals surface area contributed by atoms with E-state index in [0.29, 0.717) is 17.9 Å². The second kappa shape index (κ2) is 6.78. The molecule has 0 fully saturated rings. The zero-order valence-electron chi connectivity index (χ0n) is 10.3. The molecule has 1 aromatic rings. The van der Waals surface area contributed by atoms with Crippen LogP contribution in [0.4, 0.5) is 0 Å². The zero-order chi connectivity index (χ0) is 12.7. The monoisotopic (exact) mass is 237 g/mol. The molecule has 1 rings (SSSR count). The summed E-state index contributed by atoms with van der Waals surface area (Å²) in [5, 5.41) is 12.2. The van der Waals surface area contributed by atoms with Gasteiger partial charge in [-0.3, -0.25) is 4.79 Å². The average molecular weight is 237 g/mol. The molecule has 0 aromatic heterocycles. The summed E-state index contributed by atoms with van der Waals surface area (Å²) in [6, 6.07) is 4.75. The summed E-state index contributed by atoms with van der Waals surface area (Å²) in [7, 11) is 1.55. The number of carbonyl (C=O) groups is 1. The minimum atomic E-state index is -0.0534. The fraction of sp³-hybridized carbons (Fsp3) is 0.462. The highest BCUT2D eigenvalue weighted by Gasteiger charge is 2.09. The first-order valence-corrected chi connectivity index (χ1v) is 5.80. The van der Waals surface area contributed by atoms with E-state index >= 15 is 0 Å². The number of hydrogen-bond donors (Lipinski definition) is 2. The molecule has 17 heavy (non-hydrogen) atoms. The Labute approximate surface area is 102 Å². The Bertz CT molecular complexity index is 377. The second-order valence-corrected chi connectivity index (χ2v) is 3.88. The molecule has 0 aliphatic carbocycles. The number of nitrogens with one attached hydrogen (secondary N) is 1. The second-order valence-electron chi connectivity index (χ2n) is 3.88. The van der Waals surface area contributed by atoms with Crippen LogP contribution in [0.1, 0.15) is 25.3 Å². The van der Waals surface area contributed by atoms with Crippen molar-refractivity contribution in [2.45, 2.75) is 26.2 Å². The van der Waals surface area contributed by atoms with Gasteiger partial charge in [-0.2, -0.15) is 0 Å². The fourth-order valence-electron chi connectivity index (χ4n) is 1.54. The molecule has 4 nitrogen and oxygen atoms in total. The highest BCUT2D eigenvalue weighted by atomic mass is 16.5. The van der Waals surface area contributed by atoms with Crippen LogP contribution in [0.5, 0.6) is 11.5 Å². The van der Waals surface area contributed by atoms with Crippen molar-refractivity contribution in [2.75, 3.05) is 13.7 Å². The van der Waals surface area contributed by atoms with Crippen molar-refractivity contribution >= 4 is 5.91 Å². The standard InChI is InChI=1S/C13H19NO3/c1-3-4-7-14-13(16)9-10-8-11(15)5-6-12(10)17-2/h5-6,8,15H,3-4,7,9H2,1-2H3,(H,14,16). The first kappa shape index (κ1) is 13.4. The van der Waals surface area contributed by atoms with Crippen LogP contribution in [-0.4, -0.2) is 24.7 Å². The molecular weight excluding hydrogens is 218 g/mol. The predicted molar refractivity (Wildman–Crippen MR) is 66.3 cm³/mol. The normalized spacial score (nSPS) is 10.0. The van der Waals surface area contributed by atoms with E-state index in [2.05, 4.69) is 12.2 Å². The summed E-state index contributed by atoms with van der Waals surface area (Å²) in [5.74, 6) is 0.706. The summed E-state index contributed by atoms with van der Waals surface area (Å²) in [4.78, 5) is 11.6. The van der Waals surface area contributed by atoms with Crippen LogP contribution in [-0.2, 0) is 11.2 Å². The third-order valence-electron chi connectivity index (χ3n) is 2.47. The average Bonchev–Trinajstić information content (AvgIpc) is 2.29. The van der Waals surface area contributed by atoms with Crippen LogP contribution in [0.25, 0.3) is 0 Å². The molecule has 1 aromatic carbocycles. The first-order valence-electron chi connectivity index (χ1n) is 5.80. The number of carbonyl (C=O) groups excluding carboxylic acids is 1. The number of rotatable bonds is 6. The molecule has 0 radical (unpaired) electrons. The van der Waals surface area contributed by atoms with Crippen LogP contribution in [0.2, 0.25) is 0 Å². The lowest BCUT2D eigenvalue weighted by atomic mass is 10.1. The Balaban J connectivity index is 2.60. The molecule has 0 unspecified atom stereocenters. The third kappa shape index (κ3) is 4.34. The van der Waals surface area contributed by atoms with E-state index < -0.39 is 0 Å². The maximum atomic E-state index is 11.6. The summed E-state index contributed by atoms with van der Waals surface area (Å²) < 4.78 is 5.14. The zero-order valence-corrected chi connectivity index (χ0v) is 10.3. The van der Waals surface area contributed by atoms with E-state index in [1.807, 2.05) is 0 Å². The Morgan fingerprint density at radius 1 is 1.47 bits per heavy atom. The van der Waals surface area contributed by atoms with Gasteiger partial charge >= 0.3 is 0 Å². The molecule has 0 heterocycles. The number of phenolic OH excluding ortho intramolecular Hbond substituents is 1. The van der Waals surface area contributed by atoms with E-state index in [-0.39, 0.29) is 18.1 Å². The number of unbranched alkanes of at least 4 members (excludes halogenated alkanes) is 1. The van der Waals surface area contributed by atoms with Gasteiger partial charge in [0.2, 0.25) is 5.91 Å². The van der Waals surface area contributed by atoms with Gasteiger partial charge in [-0.15, -0.1) is 0 Å². The Kier molecular flexibility index (Phi) is 5.33. The maximum absolute atomic E-state index is 11.6. The van der Waals surface area contributed by atoms with Crippen molar-refractivity contribution in [1.29, 1.82) is 0 Å². The van der Waals surface area contributed by atoms with Gasteiger partial charge in [-0.1, -0.05) is 13.3 Å². The van der Waals surface area contributed by atoms with Crippen molar-refractivity contribution in [3.63, 3.8) is 0 Å². The molecule has 4 heteroatoms. The fourth-order valence-corrected chi connectivity index (χ4v) is 1.54. The molecule has 2 N–H and O–H groups in total. The van der Waals surface area contributed by atoms with Crippen LogP contribution >= 0.6 is 0 Å². The van der Waals surface area contributed by atoms with Gasteiger partial charge in [0.05, 0.1) is 13.5 Å². The summed E-state index contributed by atoms with van der Waals surface area (Å²) in [5.41, 5.74) is 0.696. The number of ether oxygens (including phenoxy) is 1. The lowest BCUT2D eigenvalue weighted by molar-refractivity contribution is -0.120. The summed E-state index contributed by atoms with van der Waals surface area (Å²) in [6.07, 6.45) is 2.25. The van der Waals surface area contributed by atoms with Crippen LogP contribution in [0.15, 0.2) is 18.2 Å². The number of phenols is 1. The SMILES string of the molecule is CCCCNC(=O)Cc1cc(O)ccc1OC. The van der Waals surface area contributed by atoms with Crippen LogP contribution < -0.4 is 10.1 Å². The highest BCUT2D eigenvalue weighted by Crippen LogP contribution is 2.23. The Hall–Kier alpha value is -1.71.